The van der Waals surface area contributed by atoms with Crippen molar-refractivity contribution in [2.45, 2.75) is 46.0 Å². The van der Waals surface area contributed by atoms with Gasteiger partial charge in [-0.3, -0.25) is 9.69 Å². The Morgan fingerprint density at radius 2 is 2.11 bits per heavy atom. The average Bonchev–Trinajstić information content (AvgIpc) is 3.07. The van der Waals surface area contributed by atoms with Crippen molar-refractivity contribution in [3.05, 3.63) is 0 Å². The molecule has 0 unspecified atom stereocenters. The summed E-state index contributed by atoms with van der Waals surface area (Å²) in [5.41, 5.74) is -0.256. The van der Waals surface area contributed by atoms with Crippen LogP contribution >= 0.6 is 0 Å². The van der Waals surface area contributed by atoms with E-state index in [-0.39, 0.29) is 12.0 Å². The highest BCUT2D eigenvalue weighted by Crippen LogP contribution is 2.30. The molecule has 0 amide bonds. The van der Waals surface area contributed by atoms with Gasteiger partial charge in [0.05, 0.1) is 18.0 Å². The monoisotopic (exact) mass is 252 g/mol. The number of nitrogens with zero attached hydrogens (tertiary/aromatic N) is 2. The van der Waals surface area contributed by atoms with Gasteiger partial charge in [0.25, 0.3) is 0 Å². The van der Waals surface area contributed by atoms with E-state index in [0.717, 1.165) is 38.3 Å². The molecule has 0 saturated heterocycles. The summed E-state index contributed by atoms with van der Waals surface area (Å²) in [4.78, 5) is 12.8. The van der Waals surface area contributed by atoms with E-state index in [1.54, 1.807) is 0 Å². The lowest BCUT2D eigenvalue weighted by atomic mass is 9.89. The molecule has 1 N–H and O–H groups in total. The number of hydrogen-bond acceptors (Lipinski definition) is 3. The Morgan fingerprint density at radius 3 is 2.61 bits per heavy atom. The quantitative estimate of drug-likeness (QED) is 0.640. The molecule has 0 atom stereocenters. The molecule has 1 saturated carbocycles. The van der Waals surface area contributed by atoms with Gasteiger partial charge in [-0.2, -0.15) is 5.26 Å². The maximum Gasteiger partial charge on any atom is 0.317 e. The molecule has 18 heavy (non-hydrogen) atoms. The zero-order valence-corrected chi connectivity index (χ0v) is 11.5. The fourth-order valence-corrected chi connectivity index (χ4v) is 2.05. The minimum Gasteiger partial charge on any atom is -0.480 e. The van der Waals surface area contributed by atoms with Crippen molar-refractivity contribution < 1.29 is 9.90 Å². The summed E-state index contributed by atoms with van der Waals surface area (Å²) in [6, 6.07) is 2.30. The van der Waals surface area contributed by atoms with Crippen LogP contribution in [0.3, 0.4) is 0 Å². The van der Waals surface area contributed by atoms with E-state index in [4.69, 9.17) is 10.4 Å². The van der Waals surface area contributed by atoms with E-state index in [0.29, 0.717) is 0 Å². The lowest BCUT2D eigenvalue weighted by molar-refractivity contribution is -0.138. The van der Waals surface area contributed by atoms with Gasteiger partial charge in [0.15, 0.2) is 0 Å². The summed E-state index contributed by atoms with van der Waals surface area (Å²) < 4.78 is 0. The molecule has 1 rings (SSSR count). The first-order valence-corrected chi connectivity index (χ1v) is 6.78. The SMILES string of the molecule is CC(C)(C#N)CCCCN(CC(=O)O)CC1CC1. The molecule has 0 aromatic rings. The van der Waals surface area contributed by atoms with Crippen LogP contribution < -0.4 is 0 Å². The Labute approximate surface area is 110 Å². The largest absolute Gasteiger partial charge is 0.480 e. The molecular formula is C14H24N2O2. The maximum absolute atomic E-state index is 10.8. The van der Waals surface area contributed by atoms with Crippen molar-refractivity contribution in [3.63, 3.8) is 0 Å². The van der Waals surface area contributed by atoms with Crippen LogP contribution in [0.5, 0.6) is 0 Å². The molecular weight excluding hydrogens is 228 g/mol. The van der Waals surface area contributed by atoms with Crippen molar-refractivity contribution >= 4 is 5.97 Å². The van der Waals surface area contributed by atoms with Crippen molar-refractivity contribution in [2.24, 2.45) is 11.3 Å². The predicted octanol–water partition coefficient (Wildman–Crippen LogP) is 2.50. The zero-order valence-electron chi connectivity index (χ0n) is 11.5. The number of rotatable bonds is 9. The molecule has 0 spiro atoms. The van der Waals surface area contributed by atoms with Gasteiger partial charge in [0.2, 0.25) is 0 Å². The van der Waals surface area contributed by atoms with E-state index < -0.39 is 5.97 Å². The Hall–Kier alpha value is -1.08. The van der Waals surface area contributed by atoms with Gasteiger partial charge in [-0.25, -0.2) is 0 Å². The fraction of sp³-hybridized carbons (Fsp3) is 0.857. The highest BCUT2D eigenvalue weighted by Gasteiger charge is 2.25. The molecule has 0 aliphatic heterocycles. The lowest BCUT2D eigenvalue weighted by Crippen LogP contribution is -2.32. The molecule has 1 aliphatic carbocycles. The summed E-state index contributed by atoms with van der Waals surface area (Å²) in [5, 5.41) is 17.8. The number of carboxylic acid groups (broad SMARTS) is 1. The first-order valence-electron chi connectivity index (χ1n) is 6.78. The molecule has 102 valence electrons. The third-order valence-corrected chi connectivity index (χ3v) is 3.40. The normalized spacial score (nSPS) is 15.7. The van der Waals surface area contributed by atoms with Gasteiger partial charge in [-0.05, 0) is 52.0 Å². The topological polar surface area (TPSA) is 64.3 Å². The summed E-state index contributed by atoms with van der Waals surface area (Å²) in [7, 11) is 0. The maximum atomic E-state index is 10.8. The number of unbranched alkanes of at least 4 members (excludes halogenated alkanes) is 1. The van der Waals surface area contributed by atoms with E-state index in [2.05, 4.69) is 6.07 Å². The van der Waals surface area contributed by atoms with Gasteiger partial charge in [0.1, 0.15) is 0 Å². The van der Waals surface area contributed by atoms with Crippen LogP contribution in [0.25, 0.3) is 0 Å². The number of carboxylic acids is 1. The van der Waals surface area contributed by atoms with E-state index in [9.17, 15) is 4.79 Å². The van der Waals surface area contributed by atoms with Crippen LogP contribution in [0, 0.1) is 22.7 Å². The molecule has 0 aromatic heterocycles. The summed E-state index contributed by atoms with van der Waals surface area (Å²) in [6.45, 7) is 5.81. The van der Waals surface area contributed by atoms with Gasteiger partial charge in [-0.1, -0.05) is 6.42 Å². The summed E-state index contributed by atoms with van der Waals surface area (Å²) in [6.07, 6.45) is 5.34. The average molecular weight is 252 g/mol. The summed E-state index contributed by atoms with van der Waals surface area (Å²) in [5.74, 6) is -0.0205. The highest BCUT2D eigenvalue weighted by molar-refractivity contribution is 5.69. The Balaban J connectivity index is 2.20. The zero-order chi connectivity index (χ0) is 13.6. The minimum absolute atomic E-state index is 0.151. The van der Waals surface area contributed by atoms with Crippen LogP contribution in [0.1, 0.15) is 46.0 Å². The highest BCUT2D eigenvalue weighted by atomic mass is 16.4. The molecule has 0 radical (unpaired) electrons. The fourth-order valence-electron chi connectivity index (χ4n) is 2.05. The van der Waals surface area contributed by atoms with Crippen LogP contribution in [0.15, 0.2) is 0 Å². The molecule has 4 nitrogen and oxygen atoms in total. The first kappa shape index (κ1) is 15.0. The van der Waals surface area contributed by atoms with Crippen molar-refractivity contribution in [1.29, 1.82) is 5.26 Å². The first-order chi connectivity index (χ1) is 8.43. The van der Waals surface area contributed by atoms with E-state index in [1.165, 1.54) is 12.8 Å². The number of aliphatic carboxylic acids is 1. The molecule has 0 heterocycles. The van der Waals surface area contributed by atoms with E-state index in [1.807, 2.05) is 18.7 Å². The van der Waals surface area contributed by atoms with Crippen LogP contribution in [-0.2, 0) is 4.79 Å². The molecule has 1 aliphatic rings. The Morgan fingerprint density at radius 1 is 1.44 bits per heavy atom. The van der Waals surface area contributed by atoms with Crippen molar-refractivity contribution in [3.8, 4) is 6.07 Å². The second-order valence-electron chi connectivity index (χ2n) is 6.03. The molecule has 4 heteroatoms. The lowest BCUT2D eigenvalue weighted by Gasteiger charge is -2.21. The van der Waals surface area contributed by atoms with Crippen molar-refractivity contribution in [1.82, 2.24) is 4.90 Å². The van der Waals surface area contributed by atoms with Crippen LogP contribution in [-0.4, -0.2) is 35.6 Å². The smallest absolute Gasteiger partial charge is 0.317 e. The van der Waals surface area contributed by atoms with Crippen molar-refractivity contribution in [2.75, 3.05) is 19.6 Å². The predicted molar refractivity (Wildman–Crippen MR) is 70.0 cm³/mol. The standard InChI is InChI=1S/C14H24N2O2/c1-14(2,11-15)7-3-4-8-16(10-13(17)18)9-12-5-6-12/h12H,3-10H2,1-2H3,(H,17,18). The van der Waals surface area contributed by atoms with Gasteiger partial charge in [0, 0.05) is 6.54 Å². The Bertz CT molecular complexity index is 316. The van der Waals surface area contributed by atoms with Gasteiger partial charge >= 0.3 is 5.97 Å². The summed E-state index contributed by atoms with van der Waals surface area (Å²) >= 11 is 0. The Kier molecular flexibility index (Phi) is 5.61. The third kappa shape index (κ3) is 6.61. The molecule has 0 bridgehead atoms. The molecule has 0 aromatic carbocycles. The van der Waals surface area contributed by atoms with Crippen LogP contribution in [0.2, 0.25) is 0 Å². The third-order valence-electron chi connectivity index (χ3n) is 3.40. The number of carbonyl (C=O) groups is 1. The van der Waals surface area contributed by atoms with Crippen LogP contribution in [0.4, 0.5) is 0 Å². The molecule has 1 fully saturated rings. The second-order valence-corrected chi connectivity index (χ2v) is 6.03. The van der Waals surface area contributed by atoms with E-state index >= 15 is 0 Å². The number of nitriles is 1. The number of hydrogen-bond donors (Lipinski definition) is 1. The second kappa shape index (κ2) is 6.75. The van der Waals surface area contributed by atoms with Gasteiger partial charge in [-0.15, -0.1) is 0 Å². The van der Waals surface area contributed by atoms with Gasteiger partial charge < -0.3 is 5.11 Å². The minimum atomic E-state index is -0.743.